The fourth-order valence-electron chi connectivity index (χ4n) is 5.78. The third kappa shape index (κ3) is 5.83. The number of carbonyl (C=O) groups excluding carboxylic acids is 1. The van der Waals surface area contributed by atoms with Crippen LogP contribution in [0.4, 0.5) is 5.69 Å². The van der Waals surface area contributed by atoms with E-state index in [1.807, 2.05) is 68.9 Å². The van der Waals surface area contributed by atoms with Crippen LogP contribution >= 0.6 is 11.6 Å². The average molecular weight is 624 g/mol. The third-order valence-corrected chi connectivity index (χ3v) is 8.76. The van der Waals surface area contributed by atoms with E-state index in [1.54, 1.807) is 12.1 Å². The second kappa shape index (κ2) is 12.5. The van der Waals surface area contributed by atoms with Crippen LogP contribution in [0.25, 0.3) is 33.7 Å². The molecule has 1 aliphatic rings. The molecule has 45 heavy (non-hydrogen) atoms. The van der Waals surface area contributed by atoms with Gasteiger partial charge < -0.3 is 29.6 Å². The van der Waals surface area contributed by atoms with E-state index < -0.39 is 0 Å². The first kappa shape index (κ1) is 30.5. The number of aliphatic hydroxyl groups is 1. The number of imidazole rings is 1. The second-order valence-electron chi connectivity index (χ2n) is 11.6. The van der Waals surface area contributed by atoms with E-state index in [-0.39, 0.29) is 18.6 Å². The summed E-state index contributed by atoms with van der Waals surface area (Å²) < 4.78 is 8.03. The first-order chi connectivity index (χ1) is 21.7. The van der Waals surface area contributed by atoms with Crippen molar-refractivity contribution in [1.82, 2.24) is 24.8 Å². The molecule has 3 heterocycles. The van der Waals surface area contributed by atoms with Crippen molar-refractivity contribution in [1.29, 1.82) is 5.26 Å². The molecule has 1 atom stereocenters. The Morgan fingerprint density at radius 2 is 1.91 bits per heavy atom. The minimum absolute atomic E-state index is 0.0141. The highest BCUT2D eigenvalue weighted by Gasteiger charge is 2.25. The fraction of sp³-hybridized carbons (Fsp3) is 0.294. The van der Waals surface area contributed by atoms with Gasteiger partial charge in [0, 0.05) is 56.0 Å². The van der Waals surface area contributed by atoms with E-state index in [2.05, 4.69) is 26.6 Å². The quantitative estimate of drug-likeness (QED) is 0.208. The number of rotatable bonds is 8. The van der Waals surface area contributed by atoms with Crippen molar-refractivity contribution < 1.29 is 14.3 Å². The Hall–Kier alpha value is -4.53. The van der Waals surface area contributed by atoms with Crippen LogP contribution in [0.2, 0.25) is 5.02 Å². The number of benzene rings is 3. The molecule has 6 rings (SSSR count). The number of anilines is 1. The Labute approximate surface area is 266 Å². The van der Waals surface area contributed by atoms with Crippen molar-refractivity contribution in [3.8, 4) is 28.7 Å². The lowest BCUT2D eigenvalue weighted by Gasteiger charge is -2.21. The molecule has 0 fully saturated rings. The molecule has 3 N–H and O–H groups in total. The van der Waals surface area contributed by atoms with E-state index in [9.17, 15) is 15.2 Å². The molecular weight excluding hydrogens is 590 g/mol. The van der Waals surface area contributed by atoms with Crippen molar-refractivity contribution in [3.05, 3.63) is 87.5 Å². The van der Waals surface area contributed by atoms with Crippen molar-refractivity contribution in [2.45, 2.75) is 39.4 Å². The summed E-state index contributed by atoms with van der Waals surface area (Å²) in [6, 6.07) is 17.1. The molecule has 0 bridgehead atoms. The number of nitrogens with one attached hydrogen (secondary N) is 2. The van der Waals surface area contributed by atoms with Gasteiger partial charge in [-0.1, -0.05) is 35.9 Å². The third-order valence-electron chi connectivity index (χ3n) is 8.35. The van der Waals surface area contributed by atoms with Crippen LogP contribution in [0.15, 0.2) is 52.9 Å². The minimum Gasteiger partial charge on any atom is -0.435 e. The fourth-order valence-corrected chi connectivity index (χ4v) is 6.06. The van der Waals surface area contributed by atoms with Gasteiger partial charge in [0.05, 0.1) is 28.6 Å². The predicted molar refractivity (Wildman–Crippen MR) is 174 cm³/mol. The van der Waals surface area contributed by atoms with Crippen LogP contribution in [-0.4, -0.2) is 56.7 Å². The number of hydrogen-bond acceptors (Lipinski definition) is 8. The Balaban J connectivity index is 1.31. The van der Waals surface area contributed by atoms with Gasteiger partial charge in [-0.2, -0.15) is 5.26 Å². The van der Waals surface area contributed by atoms with Gasteiger partial charge >= 0.3 is 0 Å². The zero-order valence-corrected chi connectivity index (χ0v) is 26.4. The van der Waals surface area contributed by atoms with Crippen molar-refractivity contribution in [2.24, 2.45) is 7.05 Å². The summed E-state index contributed by atoms with van der Waals surface area (Å²) >= 11 is 6.94. The van der Waals surface area contributed by atoms with Crippen LogP contribution in [0.3, 0.4) is 0 Å². The summed E-state index contributed by atoms with van der Waals surface area (Å²) in [6.45, 7) is 5.98. The molecule has 10 nitrogen and oxygen atoms in total. The molecule has 0 saturated carbocycles. The summed E-state index contributed by atoms with van der Waals surface area (Å²) in [4.78, 5) is 24.9. The molecule has 1 amide bonds. The van der Waals surface area contributed by atoms with Crippen LogP contribution in [-0.2, 0) is 26.6 Å². The molecule has 1 aliphatic heterocycles. The monoisotopic (exact) mass is 623 g/mol. The number of fused-ring (bicyclic) bond motifs is 2. The number of hydrogen-bond donors (Lipinski definition) is 3. The number of likely N-dealkylation sites (N-methyl/N-ethyl adjacent to an activating group) is 1. The van der Waals surface area contributed by atoms with Gasteiger partial charge in [0.25, 0.3) is 5.91 Å². The van der Waals surface area contributed by atoms with Crippen molar-refractivity contribution in [2.75, 3.05) is 25.5 Å². The van der Waals surface area contributed by atoms with Gasteiger partial charge in [0.15, 0.2) is 11.4 Å². The van der Waals surface area contributed by atoms with E-state index in [0.29, 0.717) is 52.2 Å². The summed E-state index contributed by atoms with van der Waals surface area (Å²) in [5.74, 6) is 0.420. The largest absolute Gasteiger partial charge is 0.435 e. The lowest BCUT2D eigenvalue weighted by molar-refractivity contribution is 0.101. The molecule has 0 radical (unpaired) electrons. The molecule has 230 valence electrons. The average Bonchev–Trinajstić information content (AvgIpc) is 3.61. The van der Waals surface area contributed by atoms with Gasteiger partial charge in [-0.3, -0.25) is 4.79 Å². The molecular formula is C34H34ClN7O3. The highest BCUT2D eigenvalue weighted by molar-refractivity contribution is 6.36. The number of oxazole rings is 1. The Bertz CT molecular complexity index is 1970. The van der Waals surface area contributed by atoms with Crippen LogP contribution in [0.5, 0.6) is 0 Å². The first-order valence-electron chi connectivity index (χ1n) is 14.8. The minimum atomic E-state index is -0.320. The van der Waals surface area contributed by atoms with Crippen LogP contribution in [0, 0.1) is 18.3 Å². The number of carbonyl (C=O) groups is 1. The van der Waals surface area contributed by atoms with Gasteiger partial charge in [-0.05, 0) is 61.9 Å². The molecule has 11 heteroatoms. The number of amides is 1. The molecule has 0 spiro atoms. The van der Waals surface area contributed by atoms with E-state index in [1.165, 1.54) is 0 Å². The van der Waals surface area contributed by atoms with Crippen LogP contribution < -0.4 is 10.6 Å². The maximum Gasteiger partial charge on any atom is 0.291 e. The van der Waals surface area contributed by atoms with Gasteiger partial charge in [0.2, 0.25) is 5.89 Å². The molecule has 0 aliphatic carbocycles. The highest BCUT2D eigenvalue weighted by atomic mass is 35.5. The predicted octanol–water partition coefficient (Wildman–Crippen LogP) is 5.44. The van der Waals surface area contributed by atoms with Gasteiger partial charge in [-0.15, -0.1) is 0 Å². The van der Waals surface area contributed by atoms with E-state index in [0.717, 1.165) is 52.2 Å². The number of nitriles is 1. The number of aromatic nitrogens is 3. The van der Waals surface area contributed by atoms with E-state index in [4.69, 9.17) is 21.0 Å². The standard InChI is InChI=1S/C34H34ClN7O3/c1-19(18-43)37-16-21-13-22(15-36)31-27(14-21)40-34(45-31)24-8-5-7-23(20(24)2)25-9-6-10-26(30(25)35)39-33(44)32-38-28-17-41(3)12-11-29(28)42(32)4/h5-10,13-14,19,37,43H,11-12,16-18H2,1-4H3,(H,39,44). The smallest absolute Gasteiger partial charge is 0.291 e. The molecule has 2 aromatic heterocycles. The second-order valence-corrected chi connectivity index (χ2v) is 11.9. The molecule has 1 unspecified atom stereocenters. The summed E-state index contributed by atoms with van der Waals surface area (Å²) in [5.41, 5.74) is 7.99. The molecule has 5 aromatic rings. The number of halogens is 1. The Morgan fingerprint density at radius 1 is 1.16 bits per heavy atom. The van der Waals surface area contributed by atoms with Gasteiger partial charge in [-0.25, -0.2) is 9.97 Å². The summed E-state index contributed by atoms with van der Waals surface area (Å²) in [5, 5.41) is 25.8. The molecule has 3 aromatic carbocycles. The van der Waals surface area contributed by atoms with Crippen molar-refractivity contribution >= 4 is 34.3 Å². The zero-order chi connectivity index (χ0) is 31.8. The van der Waals surface area contributed by atoms with E-state index >= 15 is 0 Å². The first-order valence-corrected chi connectivity index (χ1v) is 15.2. The highest BCUT2D eigenvalue weighted by Crippen LogP contribution is 2.39. The zero-order valence-electron chi connectivity index (χ0n) is 25.6. The topological polar surface area (TPSA) is 132 Å². The lowest BCUT2D eigenvalue weighted by Crippen LogP contribution is -2.28. The number of aliphatic hydroxyl groups excluding tert-OH is 1. The maximum absolute atomic E-state index is 13.4. The number of nitrogens with zero attached hydrogens (tertiary/aromatic N) is 5. The molecule has 0 saturated heterocycles. The summed E-state index contributed by atoms with van der Waals surface area (Å²) in [7, 11) is 3.92. The van der Waals surface area contributed by atoms with Crippen molar-refractivity contribution in [3.63, 3.8) is 0 Å². The lowest BCUT2D eigenvalue weighted by atomic mass is 9.96. The Morgan fingerprint density at radius 3 is 2.69 bits per heavy atom. The van der Waals surface area contributed by atoms with Crippen LogP contribution in [0.1, 0.15) is 45.6 Å². The normalized spacial score (nSPS) is 13.9. The Kier molecular flexibility index (Phi) is 8.44. The maximum atomic E-state index is 13.4. The summed E-state index contributed by atoms with van der Waals surface area (Å²) in [6.07, 6.45) is 0.842. The SMILES string of the molecule is Cc1c(-c2nc3cc(CNC(C)CO)cc(C#N)c3o2)cccc1-c1cccc(NC(=O)c2nc3c(n2C)CCN(C)C3)c1Cl. The van der Waals surface area contributed by atoms with Gasteiger partial charge in [0.1, 0.15) is 11.6 Å².